The fourth-order valence-corrected chi connectivity index (χ4v) is 5.51. The molecule has 1 aliphatic heterocycles. The van der Waals surface area contributed by atoms with Gasteiger partial charge in [0.25, 0.3) is 0 Å². The molecule has 0 radical (unpaired) electrons. The third kappa shape index (κ3) is 5.19. The number of fused-ring (bicyclic) bond motifs is 1. The summed E-state index contributed by atoms with van der Waals surface area (Å²) in [4.78, 5) is 9.18. The maximum Gasteiger partial charge on any atom is 0.198 e. The van der Waals surface area contributed by atoms with Crippen LogP contribution < -0.4 is 4.74 Å². The highest BCUT2D eigenvalue weighted by atomic mass is 16.5. The molecule has 3 aliphatic rings. The number of hydrogen-bond donors (Lipinski definition) is 2. The summed E-state index contributed by atoms with van der Waals surface area (Å²) in [6.07, 6.45) is 15.0. The van der Waals surface area contributed by atoms with Crippen molar-refractivity contribution in [2.45, 2.75) is 83.5 Å². The van der Waals surface area contributed by atoms with E-state index in [4.69, 9.17) is 9.15 Å². The Labute approximate surface area is 213 Å². The van der Waals surface area contributed by atoms with Gasteiger partial charge in [-0.2, -0.15) is 0 Å². The summed E-state index contributed by atoms with van der Waals surface area (Å²) in [6.45, 7) is 6.08. The van der Waals surface area contributed by atoms with Crippen molar-refractivity contribution in [1.29, 1.82) is 0 Å². The van der Waals surface area contributed by atoms with Crippen LogP contribution in [0.15, 0.2) is 63.4 Å². The van der Waals surface area contributed by atoms with Crippen LogP contribution in [0.5, 0.6) is 5.75 Å². The summed E-state index contributed by atoms with van der Waals surface area (Å²) in [7, 11) is 0. The van der Waals surface area contributed by atoms with Crippen molar-refractivity contribution < 1.29 is 19.4 Å². The lowest BCUT2D eigenvalue weighted by molar-refractivity contribution is 0.122. The summed E-state index contributed by atoms with van der Waals surface area (Å²) in [5, 5.41) is 19.8. The second-order valence-electron chi connectivity index (χ2n) is 10.5. The summed E-state index contributed by atoms with van der Waals surface area (Å²) in [5.41, 5.74) is 3.99. The SMILES string of the molecule is CCC(O)CC1CCC(c2ncc(-c3ccc(C4=CC=C5C=C(O)C=NC54)cc3OC(C)C)o2)CC1. The van der Waals surface area contributed by atoms with Gasteiger partial charge in [-0.3, -0.25) is 4.99 Å². The molecule has 1 saturated carbocycles. The molecular formula is C30H36N2O4. The van der Waals surface area contributed by atoms with Crippen molar-refractivity contribution in [1.82, 2.24) is 4.98 Å². The smallest absolute Gasteiger partial charge is 0.198 e. The van der Waals surface area contributed by atoms with Gasteiger partial charge in [-0.25, -0.2) is 4.98 Å². The van der Waals surface area contributed by atoms with E-state index < -0.39 is 0 Å². The van der Waals surface area contributed by atoms with Crippen LogP contribution in [0.25, 0.3) is 16.9 Å². The van der Waals surface area contributed by atoms with Gasteiger partial charge in [-0.15, -0.1) is 0 Å². The lowest BCUT2D eigenvalue weighted by atomic mass is 9.79. The lowest BCUT2D eigenvalue weighted by Crippen LogP contribution is -2.18. The number of aliphatic imine (C=N–C) groups is 1. The number of rotatable bonds is 8. The topological polar surface area (TPSA) is 88.1 Å². The van der Waals surface area contributed by atoms with E-state index in [-0.39, 0.29) is 24.0 Å². The molecule has 0 saturated heterocycles. The van der Waals surface area contributed by atoms with Crippen LogP contribution in [-0.4, -0.2) is 39.7 Å². The minimum Gasteiger partial charge on any atom is -0.506 e. The highest BCUT2D eigenvalue weighted by Crippen LogP contribution is 2.41. The van der Waals surface area contributed by atoms with Gasteiger partial charge < -0.3 is 19.4 Å². The number of aliphatic hydroxyl groups is 2. The van der Waals surface area contributed by atoms with Crippen molar-refractivity contribution in [2.24, 2.45) is 10.9 Å². The van der Waals surface area contributed by atoms with Gasteiger partial charge >= 0.3 is 0 Å². The van der Waals surface area contributed by atoms with E-state index in [2.05, 4.69) is 28.2 Å². The Balaban J connectivity index is 1.34. The molecule has 36 heavy (non-hydrogen) atoms. The second-order valence-corrected chi connectivity index (χ2v) is 10.5. The number of aliphatic hydroxyl groups excluding tert-OH is 2. The Morgan fingerprint density at radius 1 is 1.14 bits per heavy atom. The van der Waals surface area contributed by atoms with Crippen molar-refractivity contribution in [3.8, 4) is 17.1 Å². The molecule has 2 heterocycles. The average molecular weight is 489 g/mol. The first-order valence-corrected chi connectivity index (χ1v) is 13.2. The molecule has 0 spiro atoms. The fraction of sp³-hybridized carbons (Fsp3) is 0.467. The number of ether oxygens (including phenoxy) is 1. The maximum atomic E-state index is 10.00. The first-order chi connectivity index (χ1) is 17.4. The molecule has 1 fully saturated rings. The fourth-order valence-electron chi connectivity index (χ4n) is 5.51. The molecule has 0 bridgehead atoms. The Kier molecular flexibility index (Phi) is 7.15. The number of benzene rings is 1. The van der Waals surface area contributed by atoms with Crippen molar-refractivity contribution in [2.75, 3.05) is 0 Å². The Morgan fingerprint density at radius 2 is 1.94 bits per heavy atom. The zero-order valence-corrected chi connectivity index (χ0v) is 21.4. The van der Waals surface area contributed by atoms with Crippen molar-refractivity contribution in [3.63, 3.8) is 0 Å². The second kappa shape index (κ2) is 10.5. The number of allylic oxidation sites excluding steroid dienone is 3. The van der Waals surface area contributed by atoms with E-state index >= 15 is 0 Å². The molecule has 6 heteroatoms. The average Bonchev–Trinajstić information content (AvgIpc) is 3.51. The lowest BCUT2D eigenvalue weighted by Gasteiger charge is -2.28. The molecule has 2 aromatic rings. The molecule has 1 aromatic carbocycles. The minimum absolute atomic E-state index is 0.00830. The van der Waals surface area contributed by atoms with Gasteiger partial charge in [0.1, 0.15) is 17.6 Å². The number of hydrogen-bond acceptors (Lipinski definition) is 6. The van der Waals surface area contributed by atoms with E-state index in [0.29, 0.717) is 11.8 Å². The van der Waals surface area contributed by atoms with E-state index in [1.54, 1.807) is 6.08 Å². The molecule has 190 valence electrons. The van der Waals surface area contributed by atoms with Gasteiger partial charge in [0.15, 0.2) is 11.7 Å². The summed E-state index contributed by atoms with van der Waals surface area (Å²) >= 11 is 0. The molecule has 2 atom stereocenters. The van der Waals surface area contributed by atoms with Crippen LogP contribution in [0, 0.1) is 5.92 Å². The zero-order valence-electron chi connectivity index (χ0n) is 21.4. The Hall–Kier alpha value is -3.12. The summed E-state index contributed by atoms with van der Waals surface area (Å²) in [6, 6.07) is 6.06. The predicted molar refractivity (Wildman–Crippen MR) is 142 cm³/mol. The molecule has 2 aliphatic carbocycles. The molecule has 1 aromatic heterocycles. The van der Waals surface area contributed by atoms with E-state index in [0.717, 1.165) is 78.2 Å². The largest absolute Gasteiger partial charge is 0.506 e. The van der Waals surface area contributed by atoms with Crippen LogP contribution in [0.2, 0.25) is 0 Å². The van der Waals surface area contributed by atoms with Gasteiger partial charge in [0.05, 0.1) is 30.2 Å². The third-order valence-corrected chi connectivity index (χ3v) is 7.48. The summed E-state index contributed by atoms with van der Waals surface area (Å²) in [5.74, 6) is 3.38. The molecule has 2 N–H and O–H groups in total. The molecule has 5 rings (SSSR count). The van der Waals surface area contributed by atoms with E-state index in [1.807, 2.05) is 39.1 Å². The van der Waals surface area contributed by atoms with Gasteiger partial charge in [0, 0.05) is 5.92 Å². The minimum atomic E-state index is -0.182. The number of nitrogens with zero attached hydrogens (tertiary/aromatic N) is 2. The maximum absolute atomic E-state index is 10.00. The van der Waals surface area contributed by atoms with Crippen LogP contribution in [0.4, 0.5) is 0 Å². The number of aromatic nitrogens is 1. The van der Waals surface area contributed by atoms with Crippen LogP contribution in [0.1, 0.15) is 76.7 Å². The predicted octanol–water partition coefficient (Wildman–Crippen LogP) is 6.78. The third-order valence-electron chi connectivity index (χ3n) is 7.48. The Bertz CT molecular complexity index is 1210. The first-order valence-electron chi connectivity index (χ1n) is 13.2. The molecule has 2 unspecified atom stereocenters. The number of dihydropyridines is 1. The van der Waals surface area contributed by atoms with E-state index in [1.165, 1.54) is 6.21 Å². The number of oxazole rings is 1. The van der Waals surface area contributed by atoms with Gasteiger partial charge in [-0.05, 0) is 93.2 Å². The highest BCUT2D eigenvalue weighted by Gasteiger charge is 2.28. The van der Waals surface area contributed by atoms with Gasteiger partial charge in [0.2, 0.25) is 0 Å². The zero-order chi connectivity index (χ0) is 25.2. The standard InChI is InChI=1S/C30H36N2O4/c1-4-23(33)13-19-5-7-20(8-6-19)30-32-17-28(36-30)26-12-9-21(15-27(26)35-18(2)3)25-11-10-22-14-24(34)16-31-29(22)25/h9-12,14-20,23,29,33-34H,4-8,13H2,1-3H3. The molecule has 6 nitrogen and oxygen atoms in total. The van der Waals surface area contributed by atoms with Crippen LogP contribution in [0.3, 0.4) is 0 Å². The summed E-state index contributed by atoms with van der Waals surface area (Å²) < 4.78 is 12.5. The monoisotopic (exact) mass is 488 g/mol. The quantitative estimate of drug-likeness (QED) is 0.427. The van der Waals surface area contributed by atoms with Crippen LogP contribution in [-0.2, 0) is 0 Å². The highest BCUT2D eigenvalue weighted by molar-refractivity contribution is 5.87. The first kappa shape index (κ1) is 24.6. The normalized spacial score (nSPS) is 24.2. The van der Waals surface area contributed by atoms with Crippen LogP contribution >= 0.6 is 0 Å². The van der Waals surface area contributed by atoms with Crippen molar-refractivity contribution >= 4 is 11.8 Å². The Morgan fingerprint density at radius 3 is 2.69 bits per heavy atom. The molecular weight excluding hydrogens is 452 g/mol. The molecule has 0 amide bonds. The van der Waals surface area contributed by atoms with Crippen molar-refractivity contribution in [3.05, 3.63) is 65.4 Å². The van der Waals surface area contributed by atoms with Gasteiger partial charge in [-0.1, -0.05) is 25.1 Å². The van der Waals surface area contributed by atoms with E-state index in [9.17, 15) is 10.2 Å².